The number of carbonyl (C=O) groups is 3. The van der Waals surface area contributed by atoms with Crippen molar-refractivity contribution in [2.24, 2.45) is 5.41 Å². The van der Waals surface area contributed by atoms with Gasteiger partial charge in [0.1, 0.15) is 5.75 Å². The maximum absolute atomic E-state index is 12.6. The van der Waals surface area contributed by atoms with Crippen LogP contribution in [0.4, 0.5) is 4.79 Å². The van der Waals surface area contributed by atoms with Crippen molar-refractivity contribution in [3.05, 3.63) is 59.4 Å². The fourth-order valence-corrected chi connectivity index (χ4v) is 4.13. The van der Waals surface area contributed by atoms with Gasteiger partial charge in [-0.2, -0.15) is 0 Å². The Balaban J connectivity index is 1.52. The van der Waals surface area contributed by atoms with Gasteiger partial charge in [0.15, 0.2) is 0 Å². The molecule has 0 saturated carbocycles. The van der Waals surface area contributed by atoms with Crippen molar-refractivity contribution in [3.8, 4) is 5.75 Å². The number of ether oxygens (including phenoxy) is 1. The van der Waals surface area contributed by atoms with Crippen molar-refractivity contribution < 1.29 is 19.1 Å². The van der Waals surface area contributed by atoms with Crippen LogP contribution in [0.25, 0.3) is 0 Å². The summed E-state index contributed by atoms with van der Waals surface area (Å²) in [7, 11) is 0. The summed E-state index contributed by atoms with van der Waals surface area (Å²) in [5.74, 6) is -0.156. The zero-order valence-electron chi connectivity index (χ0n) is 18.4. The molecule has 2 aromatic rings. The number of pyridine rings is 1. The van der Waals surface area contributed by atoms with Crippen molar-refractivity contribution in [1.82, 2.24) is 9.88 Å². The topological polar surface area (TPSA) is 76.6 Å². The maximum atomic E-state index is 12.6. The van der Waals surface area contributed by atoms with Crippen LogP contribution >= 0.6 is 11.8 Å². The number of hydrogen-bond acceptors (Lipinski definition) is 6. The molecule has 0 radical (unpaired) electrons. The second-order valence-electron chi connectivity index (χ2n) is 8.56. The number of imide groups is 3. The average Bonchev–Trinajstić information content (AvgIpc) is 3.01. The highest BCUT2D eigenvalue weighted by atomic mass is 32.2. The van der Waals surface area contributed by atoms with Crippen molar-refractivity contribution in [2.45, 2.75) is 52.2 Å². The van der Waals surface area contributed by atoms with Crippen LogP contribution < -0.4 is 4.74 Å². The summed E-state index contributed by atoms with van der Waals surface area (Å²) in [6.45, 7) is 7.71. The third-order valence-electron chi connectivity index (χ3n) is 5.03. The molecule has 3 amide bonds. The van der Waals surface area contributed by atoms with Gasteiger partial charge in [0.2, 0.25) is 5.91 Å². The smallest absolute Gasteiger partial charge is 0.295 e. The van der Waals surface area contributed by atoms with Gasteiger partial charge in [-0.25, -0.2) is 4.90 Å². The van der Waals surface area contributed by atoms with Crippen molar-refractivity contribution in [2.75, 3.05) is 6.61 Å². The van der Waals surface area contributed by atoms with E-state index in [0.717, 1.165) is 46.5 Å². The van der Waals surface area contributed by atoms with Crippen LogP contribution in [-0.4, -0.2) is 38.8 Å². The summed E-state index contributed by atoms with van der Waals surface area (Å²) in [5, 5.41) is -1.07. The Morgan fingerprint density at radius 3 is 2.35 bits per heavy atom. The highest BCUT2D eigenvalue weighted by Crippen LogP contribution is 2.33. The molecular weight excluding hydrogens is 412 g/mol. The molecule has 0 spiro atoms. The Labute approximate surface area is 187 Å². The third kappa shape index (κ3) is 5.73. The number of carbonyl (C=O) groups excluding carboxylic acids is 3. The van der Waals surface area contributed by atoms with Crippen LogP contribution in [0.5, 0.6) is 5.75 Å². The van der Waals surface area contributed by atoms with Crippen LogP contribution in [0.1, 0.15) is 44.5 Å². The number of rotatable bonds is 7. The quantitative estimate of drug-likeness (QED) is 0.633. The largest absolute Gasteiger partial charge is 0.493 e. The second-order valence-corrected chi connectivity index (χ2v) is 9.71. The van der Waals surface area contributed by atoms with Gasteiger partial charge >= 0.3 is 0 Å². The Kier molecular flexibility index (Phi) is 7.15. The number of amides is 3. The first-order valence-electron chi connectivity index (χ1n) is 10.4. The van der Waals surface area contributed by atoms with Gasteiger partial charge in [-0.1, -0.05) is 57.7 Å². The molecule has 0 N–H and O–H groups in total. The lowest BCUT2D eigenvalue weighted by Crippen LogP contribution is -2.43. The van der Waals surface area contributed by atoms with Gasteiger partial charge in [-0.15, -0.1) is 0 Å². The van der Waals surface area contributed by atoms with E-state index in [1.54, 1.807) is 20.8 Å². The van der Waals surface area contributed by atoms with Crippen molar-refractivity contribution in [3.63, 3.8) is 0 Å². The van der Waals surface area contributed by atoms with Gasteiger partial charge < -0.3 is 4.74 Å². The Hall–Kier alpha value is -2.67. The van der Waals surface area contributed by atoms with E-state index in [-0.39, 0.29) is 0 Å². The van der Waals surface area contributed by atoms with E-state index >= 15 is 0 Å². The van der Waals surface area contributed by atoms with E-state index in [9.17, 15) is 14.4 Å². The predicted octanol–water partition coefficient (Wildman–Crippen LogP) is 4.44. The minimum Gasteiger partial charge on any atom is -0.493 e. The lowest BCUT2D eigenvalue weighted by atomic mass is 9.94. The van der Waals surface area contributed by atoms with Gasteiger partial charge in [0.05, 0.1) is 11.9 Å². The molecule has 0 bridgehead atoms. The summed E-state index contributed by atoms with van der Waals surface area (Å²) in [6.07, 6.45) is 3.98. The highest BCUT2D eigenvalue weighted by Gasteiger charge is 2.46. The molecule has 1 aromatic heterocycles. The minimum absolute atomic E-state index is 0.386. The predicted molar refractivity (Wildman–Crippen MR) is 121 cm³/mol. The lowest BCUT2D eigenvalue weighted by molar-refractivity contribution is -0.144. The standard InChI is InChI=1S/C24H28N2O4S/c1-5-16-6-9-18(25-15-16)12-13-30-19-10-7-17(8-11-19)14-20-21(27)26(23(29)31-20)22(28)24(2,3)4/h6-11,15,20H,5,12-14H2,1-4H3. The number of aromatic nitrogens is 1. The van der Waals surface area contributed by atoms with E-state index < -0.39 is 27.7 Å². The molecule has 0 aliphatic carbocycles. The summed E-state index contributed by atoms with van der Waals surface area (Å²) in [6, 6.07) is 11.6. The Morgan fingerprint density at radius 2 is 1.77 bits per heavy atom. The first-order valence-corrected chi connectivity index (χ1v) is 11.3. The number of thioether (sulfide) groups is 1. The van der Waals surface area contributed by atoms with Crippen LogP contribution in [0.3, 0.4) is 0 Å². The van der Waals surface area contributed by atoms with Crippen molar-refractivity contribution >= 4 is 28.8 Å². The molecule has 2 heterocycles. The molecule has 1 aliphatic rings. The third-order valence-corrected chi connectivity index (χ3v) is 6.07. The van der Waals surface area contributed by atoms with E-state index in [1.807, 2.05) is 36.5 Å². The van der Waals surface area contributed by atoms with Gasteiger partial charge in [0.25, 0.3) is 11.1 Å². The van der Waals surface area contributed by atoms with E-state index in [1.165, 1.54) is 5.56 Å². The molecule has 31 heavy (non-hydrogen) atoms. The maximum Gasteiger partial charge on any atom is 0.295 e. The van der Waals surface area contributed by atoms with Gasteiger partial charge in [-0.3, -0.25) is 19.4 Å². The summed E-state index contributed by atoms with van der Waals surface area (Å²) < 4.78 is 5.80. The van der Waals surface area contributed by atoms with E-state index in [0.29, 0.717) is 13.0 Å². The minimum atomic E-state index is -0.784. The molecule has 1 atom stereocenters. The zero-order chi connectivity index (χ0) is 22.6. The number of nitrogens with zero attached hydrogens (tertiary/aromatic N) is 2. The first kappa shape index (κ1) is 23.0. The Bertz CT molecular complexity index is 949. The summed E-state index contributed by atoms with van der Waals surface area (Å²) in [4.78, 5) is 42.5. The zero-order valence-corrected chi connectivity index (χ0v) is 19.2. The monoisotopic (exact) mass is 440 g/mol. The van der Waals surface area contributed by atoms with Crippen molar-refractivity contribution in [1.29, 1.82) is 0 Å². The fourth-order valence-electron chi connectivity index (χ4n) is 3.13. The molecule has 164 valence electrons. The highest BCUT2D eigenvalue weighted by molar-refractivity contribution is 8.15. The number of aryl methyl sites for hydroxylation is 1. The molecule has 1 unspecified atom stereocenters. The molecule has 1 saturated heterocycles. The number of benzene rings is 1. The van der Waals surface area contributed by atoms with Gasteiger partial charge in [0, 0.05) is 23.7 Å². The summed E-state index contributed by atoms with van der Waals surface area (Å²) in [5.41, 5.74) is 2.33. The fraction of sp³-hybridized carbons (Fsp3) is 0.417. The SMILES string of the molecule is CCc1ccc(CCOc2ccc(CC3SC(=O)N(C(=O)C(C)(C)C)C3=O)cc2)nc1. The molecule has 1 aliphatic heterocycles. The van der Waals surface area contributed by atoms with Crippen LogP contribution in [0.15, 0.2) is 42.6 Å². The summed E-state index contributed by atoms with van der Waals surface area (Å²) >= 11 is 0.918. The van der Waals surface area contributed by atoms with Gasteiger partial charge in [-0.05, 0) is 42.2 Å². The van der Waals surface area contributed by atoms with E-state index in [2.05, 4.69) is 18.0 Å². The molecule has 1 fully saturated rings. The van der Waals surface area contributed by atoms with Crippen LogP contribution in [0, 0.1) is 5.41 Å². The molecule has 1 aromatic carbocycles. The second kappa shape index (κ2) is 9.64. The molecule has 7 heteroatoms. The van der Waals surface area contributed by atoms with Crippen LogP contribution in [-0.2, 0) is 28.9 Å². The molecular formula is C24H28N2O4S. The lowest BCUT2D eigenvalue weighted by Gasteiger charge is -2.22. The number of hydrogen-bond donors (Lipinski definition) is 0. The normalized spacial score (nSPS) is 16.6. The first-order chi connectivity index (χ1) is 14.7. The average molecular weight is 441 g/mol. The molecule has 6 nitrogen and oxygen atoms in total. The van der Waals surface area contributed by atoms with Crippen LogP contribution in [0.2, 0.25) is 0 Å². The molecule has 3 rings (SSSR count). The van der Waals surface area contributed by atoms with E-state index in [4.69, 9.17) is 4.74 Å². The Morgan fingerprint density at radius 1 is 1.10 bits per heavy atom.